The monoisotopic (exact) mass is 785 g/mol. The molecule has 1 unspecified atom stereocenters. The van der Waals surface area contributed by atoms with E-state index >= 15 is 0 Å². The number of hydrogen-bond donors (Lipinski definition) is 1. The summed E-state index contributed by atoms with van der Waals surface area (Å²) < 4.78 is 0. The highest BCUT2D eigenvalue weighted by atomic mass is 32.1. The first kappa shape index (κ1) is 38.3. The quantitative estimate of drug-likeness (QED) is 0.0990. The Morgan fingerprint density at radius 2 is 0.617 bits per heavy atom. The summed E-state index contributed by atoms with van der Waals surface area (Å²) in [5.74, 6) is 0. The van der Waals surface area contributed by atoms with Gasteiger partial charge in [0, 0.05) is 11.5 Å². The van der Waals surface area contributed by atoms with Crippen molar-refractivity contribution < 1.29 is 0 Å². The average Bonchev–Trinajstić information content (AvgIpc) is 3.34. The second-order valence-corrected chi connectivity index (χ2v) is 15.5. The highest BCUT2D eigenvalue weighted by Crippen LogP contribution is 2.38. The topological polar surface area (TPSA) is 12.4 Å². The zero-order chi connectivity index (χ0) is 40.5. The third-order valence-corrected chi connectivity index (χ3v) is 11.2. The molecule has 0 saturated carbocycles. The van der Waals surface area contributed by atoms with Crippen LogP contribution in [0.4, 0.5) is 0 Å². The lowest BCUT2D eigenvalue weighted by Crippen LogP contribution is -1.93. The van der Waals surface area contributed by atoms with Crippen molar-refractivity contribution in [3.63, 3.8) is 0 Å². The first-order valence-corrected chi connectivity index (χ1v) is 20.9. The second-order valence-electron chi connectivity index (χ2n) is 14.9. The summed E-state index contributed by atoms with van der Waals surface area (Å²) in [6.45, 7) is 0. The van der Waals surface area contributed by atoms with Crippen LogP contribution in [0.1, 0.15) is 21.9 Å². The Morgan fingerprint density at radius 3 is 0.967 bits per heavy atom. The molecule has 60 heavy (non-hydrogen) atoms. The van der Waals surface area contributed by atoms with Crippen molar-refractivity contribution in [2.45, 2.75) is 5.25 Å². The van der Waals surface area contributed by atoms with E-state index in [0.29, 0.717) is 0 Å². The standard InChI is InChI=1S/C58H43NS/c60-58(48-29-17-6-18-30-48)40-57(47-27-15-5-16-28-47)59-41-42-31-49(55-36-51(43-19-7-1-8-20-43)34-52(37-55)44-21-9-2-10-22-44)33-50(32-42)56-38-53(45-23-11-3-12-24-45)35-54(39-56)46-25-13-4-14-26-46/h1-41,58,60H/b57-40-,59-41+. The number of nitrogens with zero attached hydrogens (tertiary/aromatic N) is 1. The van der Waals surface area contributed by atoms with E-state index < -0.39 is 0 Å². The van der Waals surface area contributed by atoms with Gasteiger partial charge in [-0.25, -0.2) is 0 Å². The molecule has 0 radical (unpaired) electrons. The molecule has 0 N–H and O–H groups in total. The first-order chi connectivity index (χ1) is 29.6. The molecule has 0 aliphatic carbocycles. The highest BCUT2D eigenvalue weighted by molar-refractivity contribution is 7.80. The predicted octanol–water partition coefficient (Wildman–Crippen LogP) is 15.8. The van der Waals surface area contributed by atoms with Crippen molar-refractivity contribution in [3.8, 4) is 66.8 Å². The van der Waals surface area contributed by atoms with Gasteiger partial charge in [0.25, 0.3) is 0 Å². The fourth-order valence-corrected chi connectivity index (χ4v) is 8.01. The number of rotatable bonds is 11. The Balaban J connectivity index is 1.25. The van der Waals surface area contributed by atoms with Gasteiger partial charge in [0.2, 0.25) is 0 Å². The van der Waals surface area contributed by atoms with Gasteiger partial charge < -0.3 is 0 Å². The Labute approximate surface area is 359 Å². The van der Waals surface area contributed by atoms with Crippen LogP contribution in [0, 0.1) is 0 Å². The molecule has 286 valence electrons. The van der Waals surface area contributed by atoms with Gasteiger partial charge in [-0.3, -0.25) is 4.99 Å². The van der Waals surface area contributed by atoms with E-state index in [0.717, 1.165) is 44.6 Å². The minimum atomic E-state index is -0.130. The summed E-state index contributed by atoms with van der Waals surface area (Å²) in [4.78, 5) is 5.25. The SMILES string of the molecule is SC(/C=C(\N=C\c1cc(-c2cc(-c3ccccc3)cc(-c3ccccc3)c2)cc(-c2cc(-c3ccccc3)cc(-c3ccccc3)c2)c1)c1ccccc1)c1ccccc1. The number of hydrogen-bond acceptors (Lipinski definition) is 2. The molecule has 9 rings (SSSR count). The van der Waals surface area contributed by atoms with Gasteiger partial charge in [-0.05, 0) is 144 Å². The fraction of sp³-hybridized carbons (Fsp3) is 0.0172. The summed E-state index contributed by atoms with van der Waals surface area (Å²) in [6.07, 6.45) is 4.15. The van der Waals surface area contributed by atoms with E-state index in [-0.39, 0.29) is 5.25 Å². The largest absolute Gasteiger partial charge is 0.256 e. The van der Waals surface area contributed by atoms with Crippen LogP contribution in [0.5, 0.6) is 0 Å². The van der Waals surface area contributed by atoms with Crippen molar-refractivity contribution in [2.24, 2.45) is 4.99 Å². The smallest absolute Gasteiger partial charge is 0.0676 e. The third kappa shape index (κ3) is 9.06. The van der Waals surface area contributed by atoms with Crippen LogP contribution >= 0.6 is 12.6 Å². The van der Waals surface area contributed by atoms with E-state index in [9.17, 15) is 0 Å². The fourth-order valence-electron chi connectivity index (χ4n) is 7.70. The minimum absolute atomic E-state index is 0.130. The van der Waals surface area contributed by atoms with Gasteiger partial charge in [0.15, 0.2) is 0 Å². The van der Waals surface area contributed by atoms with Gasteiger partial charge in [-0.15, -0.1) is 0 Å². The molecule has 0 bridgehead atoms. The van der Waals surface area contributed by atoms with Crippen LogP contribution in [0.3, 0.4) is 0 Å². The van der Waals surface area contributed by atoms with Gasteiger partial charge in [-0.2, -0.15) is 12.6 Å². The summed E-state index contributed by atoms with van der Waals surface area (Å²) in [6, 6.07) is 84.1. The average molecular weight is 786 g/mol. The second kappa shape index (κ2) is 18.1. The summed E-state index contributed by atoms with van der Waals surface area (Å²) in [7, 11) is 0. The van der Waals surface area contributed by atoms with E-state index in [4.69, 9.17) is 17.6 Å². The maximum absolute atomic E-state index is 5.25. The number of thiol groups is 1. The molecule has 0 aliphatic heterocycles. The molecule has 0 fully saturated rings. The predicted molar refractivity (Wildman–Crippen MR) is 259 cm³/mol. The normalized spacial score (nSPS) is 12.1. The third-order valence-electron chi connectivity index (χ3n) is 10.8. The van der Waals surface area contributed by atoms with E-state index in [1.54, 1.807) is 0 Å². The molecule has 9 aromatic rings. The molecule has 0 aromatic heterocycles. The van der Waals surface area contributed by atoms with Crippen LogP contribution in [-0.4, -0.2) is 6.21 Å². The summed E-state index contributed by atoms with van der Waals surface area (Å²) in [5, 5.41) is -0.130. The van der Waals surface area contributed by atoms with Crippen molar-refractivity contribution in [1.82, 2.24) is 0 Å². The molecule has 0 heterocycles. The number of aliphatic imine (C=N–C) groups is 1. The first-order valence-electron chi connectivity index (χ1n) is 20.3. The van der Waals surface area contributed by atoms with Gasteiger partial charge in [-0.1, -0.05) is 182 Å². The van der Waals surface area contributed by atoms with Crippen LogP contribution in [-0.2, 0) is 0 Å². The molecule has 1 nitrogen and oxygen atoms in total. The maximum Gasteiger partial charge on any atom is 0.0676 e. The Kier molecular flexibility index (Phi) is 11.6. The molecule has 1 atom stereocenters. The Bertz CT molecular complexity index is 2630. The molecule has 0 aliphatic rings. The lowest BCUT2D eigenvalue weighted by atomic mass is 9.89. The van der Waals surface area contributed by atoms with Crippen LogP contribution < -0.4 is 0 Å². The zero-order valence-electron chi connectivity index (χ0n) is 33.1. The van der Waals surface area contributed by atoms with Crippen molar-refractivity contribution in [2.75, 3.05) is 0 Å². The van der Waals surface area contributed by atoms with Gasteiger partial charge in [0.05, 0.1) is 5.70 Å². The molecule has 0 spiro atoms. The van der Waals surface area contributed by atoms with E-state index in [1.165, 1.54) is 44.5 Å². The molecule has 2 heteroatoms. The Hall–Kier alpha value is -7.26. The van der Waals surface area contributed by atoms with Crippen molar-refractivity contribution >= 4 is 24.5 Å². The van der Waals surface area contributed by atoms with E-state index in [1.807, 2.05) is 18.3 Å². The van der Waals surface area contributed by atoms with Crippen LogP contribution in [0.15, 0.2) is 248 Å². The zero-order valence-corrected chi connectivity index (χ0v) is 34.0. The number of benzene rings is 9. The van der Waals surface area contributed by atoms with Gasteiger partial charge >= 0.3 is 0 Å². The molecular weight excluding hydrogens is 743 g/mol. The Morgan fingerprint density at radius 1 is 0.333 bits per heavy atom. The van der Waals surface area contributed by atoms with Crippen LogP contribution in [0.25, 0.3) is 72.5 Å². The lowest BCUT2D eigenvalue weighted by Gasteiger charge is -2.15. The summed E-state index contributed by atoms with van der Waals surface area (Å²) >= 11 is 5.03. The van der Waals surface area contributed by atoms with Crippen LogP contribution in [0.2, 0.25) is 0 Å². The minimum Gasteiger partial charge on any atom is -0.256 e. The summed E-state index contributed by atoms with van der Waals surface area (Å²) in [5.41, 5.74) is 17.9. The molecule has 0 saturated heterocycles. The molecular formula is C58H43NS. The van der Waals surface area contributed by atoms with Crippen molar-refractivity contribution in [1.29, 1.82) is 0 Å². The lowest BCUT2D eigenvalue weighted by molar-refractivity contribution is 1.23. The molecule has 9 aromatic carbocycles. The maximum atomic E-state index is 5.25. The van der Waals surface area contributed by atoms with Crippen molar-refractivity contribution in [3.05, 3.63) is 259 Å². The molecule has 0 amide bonds. The van der Waals surface area contributed by atoms with E-state index in [2.05, 4.69) is 231 Å². The highest BCUT2D eigenvalue weighted by Gasteiger charge is 2.14. The van der Waals surface area contributed by atoms with Gasteiger partial charge in [0.1, 0.15) is 0 Å².